The molecule has 0 aliphatic rings. The predicted molar refractivity (Wildman–Crippen MR) is 96.2 cm³/mol. The number of carbonyl (C=O) groups excluding carboxylic acids is 1. The van der Waals surface area contributed by atoms with Gasteiger partial charge in [-0.15, -0.1) is 22.9 Å². The molecule has 0 aliphatic carbocycles. The van der Waals surface area contributed by atoms with Crippen molar-refractivity contribution >= 4 is 40.3 Å². The minimum absolute atomic E-state index is 0.275. The van der Waals surface area contributed by atoms with Crippen molar-refractivity contribution in [3.05, 3.63) is 65.7 Å². The molecular weight excluding hydrogens is 330 g/mol. The van der Waals surface area contributed by atoms with Crippen molar-refractivity contribution in [3.63, 3.8) is 0 Å². The lowest BCUT2D eigenvalue weighted by Crippen LogP contribution is -2.19. The quantitative estimate of drug-likeness (QED) is 0.640. The summed E-state index contributed by atoms with van der Waals surface area (Å²) >= 11 is 7.32. The molecule has 1 heterocycles. The van der Waals surface area contributed by atoms with Crippen molar-refractivity contribution in [1.29, 1.82) is 0 Å². The van der Waals surface area contributed by atoms with Crippen molar-refractivity contribution < 1.29 is 4.79 Å². The number of halogens is 1. The van der Waals surface area contributed by atoms with Gasteiger partial charge in [0.05, 0.1) is 11.6 Å². The second kappa shape index (κ2) is 7.26. The number of benzene rings is 2. The molecule has 2 amide bonds. The average Bonchev–Trinajstić information content (AvgIpc) is 3.05. The number of nitrogens with one attached hydrogen (secondary N) is 2. The van der Waals surface area contributed by atoms with E-state index in [4.69, 9.17) is 11.6 Å². The van der Waals surface area contributed by atoms with Crippen LogP contribution in [0.15, 0.2) is 60.0 Å². The molecule has 0 saturated heterocycles. The molecule has 3 rings (SSSR count). The molecule has 3 aromatic rings. The van der Waals surface area contributed by atoms with E-state index in [1.165, 1.54) is 0 Å². The summed E-state index contributed by atoms with van der Waals surface area (Å²) in [6.07, 6.45) is 0. The first-order chi connectivity index (χ1) is 11.2. The monoisotopic (exact) mass is 343 g/mol. The Kier molecular flexibility index (Phi) is 4.90. The van der Waals surface area contributed by atoms with Crippen LogP contribution in [-0.4, -0.2) is 11.0 Å². The third kappa shape index (κ3) is 4.09. The number of urea groups is 1. The van der Waals surface area contributed by atoms with E-state index in [1.807, 2.05) is 60.0 Å². The molecule has 0 unspecified atom stereocenters. The van der Waals surface area contributed by atoms with E-state index in [9.17, 15) is 4.79 Å². The van der Waals surface area contributed by atoms with Crippen molar-refractivity contribution in [2.45, 2.75) is 5.88 Å². The molecule has 2 aromatic carbocycles. The largest absolute Gasteiger partial charge is 0.323 e. The fourth-order valence-corrected chi connectivity index (χ4v) is 3.07. The van der Waals surface area contributed by atoms with Crippen LogP contribution in [0.25, 0.3) is 10.6 Å². The van der Waals surface area contributed by atoms with Gasteiger partial charge in [0, 0.05) is 22.3 Å². The van der Waals surface area contributed by atoms with Gasteiger partial charge in [-0.25, -0.2) is 9.78 Å². The van der Waals surface area contributed by atoms with Gasteiger partial charge in [0.1, 0.15) is 5.01 Å². The fourth-order valence-electron chi connectivity index (χ4n) is 2.01. The van der Waals surface area contributed by atoms with Crippen LogP contribution in [0.1, 0.15) is 5.69 Å². The predicted octanol–water partition coefficient (Wildman–Crippen LogP) is 5.19. The van der Waals surface area contributed by atoms with Crippen molar-refractivity contribution in [3.8, 4) is 10.6 Å². The Balaban J connectivity index is 1.64. The van der Waals surface area contributed by atoms with Gasteiger partial charge in [-0.2, -0.15) is 0 Å². The van der Waals surface area contributed by atoms with Crippen molar-refractivity contribution in [1.82, 2.24) is 4.98 Å². The van der Waals surface area contributed by atoms with Gasteiger partial charge >= 0.3 is 6.03 Å². The zero-order chi connectivity index (χ0) is 16.1. The summed E-state index contributed by atoms with van der Waals surface area (Å²) in [5.41, 5.74) is 3.34. The molecule has 0 saturated carbocycles. The van der Waals surface area contributed by atoms with E-state index >= 15 is 0 Å². The summed E-state index contributed by atoms with van der Waals surface area (Å²) in [4.78, 5) is 16.4. The van der Waals surface area contributed by atoms with Gasteiger partial charge in [-0.1, -0.05) is 18.2 Å². The molecule has 4 nitrogen and oxygen atoms in total. The Hall–Kier alpha value is -2.37. The fraction of sp³-hybridized carbons (Fsp3) is 0.0588. The second-order valence-electron chi connectivity index (χ2n) is 4.80. The van der Waals surface area contributed by atoms with E-state index in [-0.39, 0.29) is 6.03 Å². The Labute approximate surface area is 143 Å². The molecule has 0 fully saturated rings. The topological polar surface area (TPSA) is 54.0 Å². The maximum atomic E-state index is 11.9. The van der Waals surface area contributed by atoms with Gasteiger partial charge in [-0.3, -0.25) is 0 Å². The molecule has 0 aliphatic heterocycles. The maximum absolute atomic E-state index is 11.9. The highest BCUT2D eigenvalue weighted by Crippen LogP contribution is 2.25. The number of anilines is 2. The minimum atomic E-state index is -0.275. The lowest BCUT2D eigenvalue weighted by molar-refractivity contribution is 0.262. The van der Waals surface area contributed by atoms with Crippen LogP contribution in [-0.2, 0) is 5.88 Å². The van der Waals surface area contributed by atoms with Gasteiger partial charge < -0.3 is 10.6 Å². The Morgan fingerprint density at radius 2 is 1.65 bits per heavy atom. The van der Waals surface area contributed by atoms with E-state index < -0.39 is 0 Å². The van der Waals surface area contributed by atoms with Crippen LogP contribution in [0, 0.1) is 0 Å². The number of nitrogens with zero attached hydrogens (tertiary/aromatic N) is 1. The second-order valence-corrected chi connectivity index (χ2v) is 5.93. The summed E-state index contributed by atoms with van der Waals surface area (Å²) in [6.45, 7) is 0. The van der Waals surface area contributed by atoms with E-state index in [2.05, 4.69) is 15.6 Å². The minimum Gasteiger partial charge on any atom is -0.308 e. The molecule has 0 spiro atoms. The van der Waals surface area contributed by atoms with Crippen LogP contribution < -0.4 is 10.6 Å². The molecule has 23 heavy (non-hydrogen) atoms. The molecule has 116 valence electrons. The van der Waals surface area contributed by atoms with Gasteiger partial charge in [0.2, 0.25) is 0 Å². The first-order valence-corrected chi connectivity index (χ1v) is 8.40. The Morgan fingerprint density at radius 3 is 2.26 bits per heavy atom. The summed E-state index contributed by atoms with van der Waals surface area (Å²) in [7, 11) is 0. The number of thiazole rings is 1. The smallest absolute Gasteiger partial charge is 0.308 e. The highest BCUT2D eigenvalue weighted by molar-refractivity contribution is 7.13. The number of amides is 2. The Morgan fingerprint density at radius 1 is 1.00 bits per heavy atom. The zero-order valence-electron chi connectivity index (χ0n) is 12.1. The van der Waals surface area contributed by atoms with Crippen LogP contribution in [0.3, 0.4) is 0 Å². The summed E-state index contributed by atoms with van der Waals surface area (Å²) in [5.74, 6) is 0.412. The molecule has 6 heteroatoms. The summed E-state index contributed by atoms with van der Waals surface area (Å²) < 4.78 is 0. The van der Waals surface area contributed by atoms with Crippen molar-refractivity contribution in [2.24, 2.45) is 0 Å². The maximum Gasteiger partial charge on any atom is 0.323 e. The third-order valence-electron chi connectivity index (χ3n) is 3.11. The molecule has 0 atom stereocenters. The Bertz CT molecular complexity index is 787. The third-order valence-corrected chi connectivity index (χ3v) is 4.32. The lowest BCUT2D eigenvalue weighted by atomic mass is 10.2. The standard InChI is InChI=1S/C17H14ClN3OS/c18-10-15-11-23-16(19-15)12-6-8-14(9-7-12)21-17(22)20-13-4-2-1-3-5-13/h1-9,11H,10H2,(H2,20,21,22). The zero-order valence-corrected chi connectivity index (χ0v) is 13.7. The number of hydrogen-bond acceptors (Lipinski definition) is 3. The molecule has 1 aromatic heterocycles. The lowest BCUT2D eigenvalue weighted by Gasteiger charge is -2.07. The molecule has 0 radical (unpaired) electrons. The molecular formula is C17H14ClN3OS. The van der Waals surface area contributed by atoms with Gasteiger partial charge in [-0.05, 0) is 36.4 Å². The first kappa shape index (κ1) is 15.5. The summed E-state index contributed by atoms with van der Waals surface area (Å²) in [5, 5.41) is 8.43. The average molecular weight is 344 g/mol. The highest BCUT2D eigenvalue weighted by atomic mass is 35.5. The highest BCUT2D eigenvalue weighted by Gasteiger charge is 2.06. The molecule has 0 bridgehead atoms. The number of hydrogen-bond donors (Lipinski definition) is 2. The van der Waals surface area contributed by atoms with E-state index in [0.29, 0.717) is 5.88 Å². The number of alkyl halides is 1. The number of rotatable bonds is 4. The van der Waals surface area contributed by atoms with Crippen molar-refractivity contribution in [2.75, 3.05) is 10.6 Å². The normalized spacial score (nSPS) is 10.3. The van der Waals surface area contributed by atoms with E-state index in [0.717, 1.165) is 27.6 Å². The van der Waals surface area contributed by atoms with Crippen LogP contribution >= 0.6 is 22.9 Å². The van der Waals surface area contributed by atoms with Crippen LogP contribution in [0.4, 0.5) is 16.2 Å². The first-order valence-electron chi connectivity index (χ1n) is 6.98. The van der Waals surface area contributed by atoms with Crippen LogP contribution in [0.5, 0.6) is 0 Å². The van der Waals surface area contributed by atoms with Crippen LogP contribution in [0.2, 0.25) is 0 Å². The van der Waals surface area contributed by atoms with Gasteiger partial charge in [0.25, 0.3) is 0 Å². The molecule has 2 N–H and O–H groups in total. The van der Waals surface area contributed by atoms with E-state index in [1.54, 1.807) is 11.3 Å². The summed E-state index contributed by atoms with van der Waals surface area (Å²) in [6, 6.07) is 16.6. The van der Waals surface area contributed by atoms with Gasteiger partial charge in [0.15, 0.2) is 0 Å². The number of carbonyl (C=O) groups is 1. The SMILES string of the molecule is O=C(Nc1ccccc1)Nc1ccc(-c2nc(CCl)cs2)cc1. The number of aromatic nitrogens is 1. The number of para-hydroxylation sites is 1.